The Bertz CT molecular complexity index is 309. The highest BCUT2D eigenvalue weighted by Gasteiger charge is 2.36. The van der Waals surface area contributed by atoms with Crippen LogP contribution in [0.25, 0.3) is 0 Å². The predicted molar refractivity (Wildman–Crippen MR) is 94.7 cm³/mol. The van der Waals surface area contributed by atoms with Crippen molar-refractivity contribution in [2.45, 2.75) is 58.9 Å². The van der Waals surface area contributed by atoms with Crippen molar-refractivity contribution in [3.8, 4) is 0 Å². The van der Waals surface area contributed by atoms with Crippen molar-refractivity contribution in [3.63, 3.8) is 0 Å². The van der Waals surface area contributed by atoms with Crippen LogP contribution >= 0.6 is 0 Å². The first kappa shape index (κ1) is 18.4. The third-order valence-corrected chi connectivity index (χ3v) is 4.66. The van der Waals surface area contributed by atoms with Gasteiger partial charge in [0.05, 0.1) is 0 Å². The van der Waals surface area contributed by atoms with E-state index < -0.39 is 0 Å². The summed E-state index contributed by atoms with van der Waals surface area (Å²) in [5, 5.41) is 3.76. The van der Waals surface area contributed by atoms with E-state index in [1.54, 1.807) is 0 Å². The smallest absolute Gasteiger partial charge is 0.0164 e. The molecule has 0 saturated heterocycles. The van der Waals surface area contributed by atoms with Gasteiger partial charge in [-0.05, 0) is 44.9 Å². The minimum absolute atomic E-state index is 0.192. The average Bonchev–Trinajstić information content (AvgIpc) is 2.40. The zero-order chi connectivity index (χ0) is 15.9. The molecule has 0 radical (unpaired) electrons. The Morgan fingerprint density at radius 3 is 2.10 bits per heavy atom. The predicted octanol–water partition coefficient (Wildman–Crippen LogP) is 4.25. The molecule has 0 spiro atoms. The summed E-state index contributed by atoms with van der Waals surface area (Å²) >= 11 is 0. The van der Waals surface area contributed by atoms with Gasteiger partial charge in [-0.15, -0.1) is 13.2 Å². The van der Waals surface area contributed by atoms with Gasteiger partial charge in [0.15, 0.2) is 0 Å². The van der Waals surface area contributed by atoms with Gasteiger partial charge in [0.25, 0.3) is 0 Å². The molecule has 1 aliphatic carbocycles. The van der Waals surface area contributed by atoms with Gasteiger partial charge in [-0.1, -0.05) is 31.9 Å². The lowest BCUT2D eigenvalue weighted by molar-refractivity contribution is 0.0902. The van der Waals surface area contributed by atoms with E-state index in [9.17, 15) is 0 Å². The monoisotopic (exact) mass is 292 g/mol. The van der Waals surface area contributed by atoms with Crippen molar-refractivity contribution in [2.75, 3.05) is 26.2 Å². The minimum Gasteiger partial charge on any atom is -0.311 e. The fraction of sp³-hybridized carbons (Fsp3) is 0.789. The van der Waals surface area contributed by atoms with Gasteiger partial charge in [0.2, 0.25) is 0 Å². The molecule has 0 unspecified atom stereocenters. The molecule has 1 aliphatic rings. The van der Waals surface area contributed by atoms with Crippen LogP contribution in [0.15, 0.2) is 25.3 Å². The van der Waals surface area contributed by atoms with Crippen LogP contribution in [0.3, 0.4) is 0 Å². The first-order chi connectivity index (χ1) is 9.80. The largest absolute Gasteiger partial charge is 0.311 e. The molecule has 1 N–H and O–H groups in total. The van der Waals surface area contributed by atoms with Crippen LogP contribution in [-0.2, 0) is 0 Å². The summed E-state index contributed by atoms with van der Waals surface area (Å²) in [7, 11) is 0. The molecule has 0 amide bonds. The highest BCUT2D eigenvalue weighted by molar-refractivity contribution is 4.93. The van der Waals surface area contributed by atoms with Gasteiger partial charge in [-0.2, -0.15) is 0 Å². The van der Waals surface area contributed by atoms with Crippen molar-refractivity contribution < 1.29 is 0 Å². The molecule has 0 aromatic heterocycles. The maximum Gasteiger partial charge on any atom is 0.0164 e. The maximum atomic E-state index is 3.90. The van der Waals surface area contributed by atoms with Gasteiger partial charge < -0.3 is 5.32 Å². The van der Waals surface area contributed by atoms with Crippen LogP contribution in [0.4, 0.5) is 0 Å². The minimum atomic E-state index is 0.192. The molecule has 0 heterocycles. The van der Waals surface area contributed by atoms with Crippen LogP contribution < -0.4 is 5.32 Å². The molecule has 0 aliphatic heterocycles. The van der Waals surface area contributed by atoms with E-state index in [0.717, 1.165) is 32.1 Å². The summed E-state index contributed by atoms with van der Waals surface area (Å²) in [5.74, 6) is 0.889. The third-order valence-electron chi connectivity index (χ3n) is 4.66. The standard InChI is InChI=1S/C19H36N2/c1-7-13-21(14-8-2)16-19(15-20-18(4,5)6)11-9-17(3)10-12-19/h7-8,17,20H,1-2,9-16H2,3-6H3. The van der Waals surface area contributed by atoms with Gasteiger partial charge in [0.1, 0.15) is 0 Å². The first-order valence-corrected chi connectivity index (χ1v) is 8.49. The van der Waals surface area contributed by atoms with E-state index in [-0.39, 0.29) is 5.54 Å². The summed E-state index contributed by atoms with van der Waals surface area (Å²) in [6, 6.07) is 0. The summed E-state index contributed by atoms with van der Waals surface area (Å²) < 4.78 is 0. The summed E-state index contributed by atoms with van der Waals surface area (Å²) in [6.45, 7) is 21.2. The van der Waals surface area contributed by atoms with E-state index in [2.05, 4.69) is 51.1 Å². The highest BCUT2D eigenvalue weighted by Crippen LogP contribution is 2.39. The molecule has 122 valence electrons. The summed E-state index contributed by atoms with van der Waals surface area (Å²) in [5.41, 5.74) is 0.601. The number of hydrogen-bond donors (Lipinski definition) is 1. The molecular formula is C19H36N2. The van der Waals surface area contributed by atoms with Gasteiger partial charge in [-0.3, -0.25) is 4.90 Å². The van der Waals surface area contributed by atoms with E-state index in [1.165, 1.54) is 25.7 Å². The molecule has 0 aromatic rings. The molecular weight excluding hydrogens is 256 g/mol. The number of hydrogen-bond acceptors (Lipinski definition) is 2. The van der Waals surface area contributed by atoms with Crippen molar-refractivity contribution in [1.82, 2.24) is 10.2 Å². The second-order valence-electron chi connectivity index (χ2n) is 8.06. The first-order valence-electron chi connectivity index (χ1n) is 8.49. The van der Waals surface area contributed by atoms with Crippen LogP contribution in [0.5, 0.6) is 0 Å². The van der Waals surface area contributed by atoms with Crippen LogP contribution in [-0.4, -0.2) is 36.6 Å². The lowest BCUT2D eigenvalue weighted by Gasteiger charge is -2.44. The SMILES string of the molecule is C=CCN(CC=C)CC1(CNC(C)(C)C)CCC(C)CC1. The molecule has 1 fully saturated rings. The molecule has 1 rings (SSSR count). The van der Waals surface area contributed by atoms with Gasteiger partial charge >= 0.3 is 0 Å². The number of rotatable bonds is 8. The molecule has 0 atom stereocenters. The quantitative estimate of drug-likeness (QED) is 0.673. The Balaban J connectivity index is 2.75. The van der Waals surface area contributed by atoms with Crippen molar-refractivity contribution in [3.05, 3.63) is 25.3 Å². The number of nitrogens with zero attached hydrogens (tertiary/aromatic N) is 1. The van der Waals surface area contributed by atoms with E-state index in [0.29, 0.717) is 5.41 Å². The lowest BCUT2D eigenvalue weighted by atomic mass is 9.70. The Morgan fingerprint density at radius 2 is 1.67 bits per heavy atom. The summed E-state index contributed by atoms with van der Waals surface area (Å²) in [6.07, 6.45) is 9.42. The van der Waals surface area contributed by atoms with Crippen molar-refractivity contribution >= 4 is 0 Å². The van der Waals surface area contributed by atoms with Crippen LogP contribution in [0.1, 0.15) is 53.4 Å². The lowest BCUT2D eigenvalue weighted by Crippen LogP contribution is -2.50. The van der Waals surface area contributed by atoms with Crippen molar-refractivity contribution in [1.29, 1.82) is 0 Å². The average molecular weight is 293 g/mol. The molecule has 2 heteroatoms. The van der Waals surface area contributed by atoms with Gasteiger partial charge in [0, 0.05) is 31.7 Å². The Kier molecular flexibility index (Phi) is 7.15. The van der Waals surface area contributed by atoms with E-state index in [1.807, 2.05) is 12.2 Å². The van der Waals surface area contributed by atoms with E-state index >= 15 is 0 Å². The molecule has 21 heavy (non-hydrogen) atoms. The molecule has 1 saturated carbocycles. The molecule has 2 nitrogen and oxygen atoms in total. The van der Waals surface area contributed by atoms with Gasteiger partial charge in [-0.25, -0.2) is 0 Å². The van der Waals surface area contributed by atoms with Crippen LogP contribution in [0, 0.1) is 11.3 Å². The molecule has 0 aromatic carbocycles. The second-order valence-corrected chi connectivity index (χ2v) is 8.06. The molecule has 0 bridgehead atoms. The topological polar surface area (TPSA) is 15.3 Å². The zero-order valence-corrected chi connectivity index (χ0v) is 14.8. The Hall–Kier alpha value is -0.600. The summed E-state index contributed by atoms with van der Waals surface area (Å²) in [4.78, 5) is 2.49. The Labute approximate surface area is 132 Å². The third kappa shape index (κ3) is 6.80. The zero-order valence-electron chi connectivity index (χ0n) is 14.8. The Morgan fingerprint density at radius 1 is 1.14 bits per heavy atom. The van der Waals surface area contributed by atoms with Crippen molar-refractivity contribution in [2.24, 2.45) is 11.3 Å². The van der Waals surface area contributed by atoms with Crippen LogP contribution in [0.2, 0.25) is 0 Å². The fourth-order valence-corrected chi connectivity index (χ4v) is 3.26. The normalized spacial score (nSPS) is 26.8. The number of nitrogens with one attached hydrogen (secondary N) is 1. The van der Waals surface area contributed by atoms with E-state index in [4.69, 9.17) is 0 Å². The second kappa shape index (κ2) is 8.14. The fourth-order valence-electron chi connectivity index (χ4n) is 3.26. The highest BCUT2D eigenvalue weighted by atomic mass is 15.1. The maximum absolute atomic E-state index is 3.90.